The molecule has 0 atom stereocenters. The maximum Gasteiger partial charge on any atom is 0.497 e. The highest BCUT2D eigenvalue weighted by molar-refractivity contribution is 6.59. The van der Waals surface area contributed by atoms with E-state index in [0.29, 0.717) is 6.61 Å². The number of hydrogen-bond donors (Lipinski definition) is 0. The highest BCUT2D eigenvalue weighted by Gasteiger charge is 2.31. The molecular formula is C10H24O4Si. The van der Waals surface area contributed by atoms with Crippen LogP contribution in [0.2, 0.25) is 6.55 Å². The van der Waals surface area contributed by atoms with Crippen molar-refractivity contribution in [1.29, 1.82) is 0 Å². The summed E-state index contributed by atoms with van der Waals surface area (Å²) >= 11 is 0. The van der Waals surface area contributed by atoms with Crippen molar-refractivity contribution < 1.29 is 18.0 Å². The Morgan fingerprint density at radius 1 is 0.933 bits per heavy atom. The van der Waals surface area contributed by atoms with Crippen molar-refractivity contribution in [3.05, 3.63) is 0 Å². The molecule has 0 radical (unpaired) electrons. The molecule has 0 heterocycles. The van der Waals surface area contributed by atoms with E-state index in [4.69, 9.17) is 18.0 Å². The quantitative estimate of drug-likeness (QED) is 0.430. The summed E-state index contributed by atoms with van der Waals surface area (Å²) in [6.45, 7) is 6.34. The van der Waals surface area contributed by atoms with Gasteiger partial charge in [0.1, 0.15) is 0 Å². The second kappa shape index (κ2) is 9.29. The molecule has 0 fully saturated rings. The minimum Gasteiger partial charge on any atom is -0.381 e. The van der Waals surface area contributed by atoms with Gasteiger partial charge in [0.25, 0.3) is 0 Å². The molecule has 0 aromatic rings. The first-order valence-electron chi connectivity index (χ1n) is 5.50. The Morgan fingerprint density at radius 2 is 1.53 bits per heavy atom. The fourth-order valence-corrected chi connectivity index (χ4v) is 1.93. The summed E-state index contributed by atoms with van der Waals surface area (Å²) in [4.78, 5) is 0. The van der Waals surface area contributed by atoms with E-state index in [0.717, 1.165) is 32.5 Å². The van der Waals surface area contributed by atoms with Crippen LogP contribution in [0.5, 0.6) is 0 Å². The van der Waals surface area contributed by atoms with Crippen molar-refractivity contribution in [3.63, 3.8) is 0 Å². The van der Waals surface area contributed by atoms with Crippen molar-refractivity contribution in [3.8, 4) is 0 Å². The molecule has 4 nitrogen and oxygen atoms in total. The molecule has 0 saturated heterocycles. The summed E-state index contributed by atoms with van der Waals surface area (Å²) in [6.07, 6.45) is 3.09. The summed E-state index contributed by atoms with van der Waals surface area (Å²) < 4.78 is 21.3. The van der Waals surface area contributed by atoms with Crippen LogP contribution in [-0.2, 0) is 18.0 Å². The average Bonchev–Trinajstić information content (AvgIpc) is 2.27. The van der Waals surface area contributed by atoms with Crippen molar-refractivity contribution in [2.24, 2.45) is 0 Å². The predicted molar refractivity (Wildman–Crippen MR) is 61.9 cm³/mol. The Hall–Kier alpha value is 0.0569. The zero-order valence-electron chi connectivity index (χ0n) is 10.4. The van der Waals surface area contributed by atoms with Gasteiger partial charge >= 0.3 is 8.80 Å². The summed E-state index contributed by atoms with van der Waals surface area (Å²) in [5, 5.41) is 0. The first-order chi connectivity index (χ1) is 7.18. The minimum atomic E-state index is -2.31. The summed E-state index contributed by atoms with van der Waals surface area (Å²) in [6, 6.07) is 0. The molecule has 0 aromatic carbocycles. The van der Waals surface area contributed by atoms with E-state index in [1.807, 2.05) is 6.55 Å². The number of unbranched alkanes of at least 4 members (excludes halogenated alkanes) is 1. The van der Waals surface area contributed by atoms with Gasteiger partial charge in [-0.1, -0.05) is 6.92 Å². The molecule has 15 heavy (non-hydrogen) atoms. The molecule has 0 aliphatic heterocycles. The molecule has 0 bridgehead atoms. The van der Waals surface area contributed by atoms with Crippen LogP contribution in [0.25, 0.3) is 0 Å². The van der Waals surface area contributed by atoms with E-state index in [1.165, 1.54) is 0 Å². The van der Waals surface area contributed by atoms with Crippen LogP contribution < -0.4 is 0 Å². The number of hydrogen-bond acceptors (Lipinski definition) is 4. The fourth-order valence-electron chi connectivity index (χ4n) is 1.01. The lowest BCUT2D eigenvalue weighted by atomic mass is 10.3. The fraction of sp³-hybridized carbons (Fsp3) is 1.00. The molecule has 0 aliphatic carbocycles. The smallest absolute Gasteiger partial charge is 0.381 e. The Labute approximate surface area is 94.2 Å². The van der Waals surface area contributed by atoms with Crippen molar-refractivity contribution in [2.45, 2.75) is 32.7 Å². The van der Waals surface area contributed by atoms with Crippen molar-refractivity contribution in [1.82, 2.24) is 0 Å². The van der Waals surface area contributed by atoms with Gasteiger partial charge in [0.15, 0.2) is 0 Å². The molecule has 92 valence electrons. The SMILES string of the molecule is CCCOCCCCO[Si](C)(OC)OC. The van der Waals surface area contributed by atoms with Crippen LogP contribution in [0.1, 0.15) is 26.2 Å². The van der Waals surface area contributed by atoms with Crippen LogP contribution in [0.4, 0.5) is 0 Å². The lowest BCUT2D eigenvalue weighted by Crippen LogP contribution is -2.40. The van der Waals surface area contributed by atoms with E-state index >= 15 is 0 Å². The third-order valence-electron chi connectivity index (χ3n) is 2.14. The standard InChI is InChI=1S/C10H24O4Si/c1-5-8-13-9-6-7-10-14-15(4,11-2)12-3/h5-10H2,1-4H3. The molecule has 0 N–H and O–H groups in total. The third kappa shape index (κ3) is 7.93. The first-order valence-corrected chi connectivity index (χ1v) is 7.73. The molecule has 0 aliphatic rings. The highest BCUT2D eigenvalue weighted by Crippen LogP contribution is 2.07. The monoisotopic (exact) mass is 236 g/mol. The van der Waals surface area contributed by atoms with E-state index in [-0.39, 0.29) is 0 Å². The molecule has 0 saturated carbocycles. The maximum absolute atomic E-state index is 5.57. The van der Waals surface area contributed by atoms with Gasteiger partial charge < -0.3 is 18.0 Å². The molecule has 0 unspecified atom stereocenters. The summed E-state index contributed by atoms with van der Waals surface area (Å²) in [5.41, 5.74) is 0. The third-order valence-corrected chi connectivity index (χ3v) is 4.35. The molecule has 0 rings (SSSR count). The van der Waals surface area contributed by atoms with Gasteiger partial charge in [-0.3, -0.25) is 0 Å². The zero-order chi connectivity index (χ0) is 11.6. The summed E-state index contributed by atoms with van der Waals surface area (Å²) in [7, 11) is 0.937. The Bertz CT molecular complexity index is 139. The topological polar surface area (TPSA) is 36.9 Å². The van der Waals surface area contributed by atoms with Gasteiger partial charge in [0.2, 0.25) is 0 Å². The molecule has 0 spiro atoms. The van der Waals surface area contributed by atoms with Gasteiger partial charge in [-0.05, 0) is 19.3 Å². The van der Waals surface area contributed by atoms with Gasteiger partial charge in [-0.25, -0.2) is 0 Å². The van der Waals surface area contributed by atoms with Gasteiger partial charge in [-0.15, -0.1) is 0 Å². The van der Waals surface area contributed by atoms with E-state index in [1.54, 1.807) is 14.2 Å². The lowest BCUT2D eigenvalue weighted by molar-refractivity contribution is 0.0936. The van der Waals surface area contributed by atoms with Crippen molar-refractivity contribution in [2.75, 3.05) is 34.0 Å². The van der Waals surface area contributed by atoms with Crippen LogP contribution in [0.3, 0.4) is 0 Å². The summed E-state index contributed by atoms with van der Waals surface area (Å²) in [5.74, 6) is 0. The Balaban J connectivity index is 3.29. The van der Waals surface area contributed by atoms with Gasteiger partial charge in [0.05, 0.1) is 0 Å². The second-order valence-corrected chi connectivity index (χ2v) is 6.27. The predicted octanol–water partition coefficient (Wildman–Crippen LogP) is 2.07. The maximum atomic E-state index is 5.57. The number of rotatable bonds is 10. The van der Waals surface area contributed by atoms with Crippen LogP contribution >= 0.6 is 0 Å². The van der Waals surface area contributed by atoms with E-state index in [9.17, 15) is 0 Å². The second-order valence-electron chi connectivity index (χ2n) is 3.44. The largest absolute Gasteiger partial charge is 0.497 e. The van der Waals surface area contributed by atoms with Crippen LogP contribution in [0.15, 0.2) is 0 Å². The Kier molecular flexibility index (Phi) is 9.33. The van der Waals surface area contributed by atoms with E-state index in [2.05, 4.69) is 6.92 Å². The Morgan fingerprint density at radius 3 is 2.07 bits per heavy atom. The lowest BCUT2D eigenvalue weighted by Gasteiger charge is -2.21. The molecule has 5 heteroatoms. The minimum absolute atomic E-state index is 0.680. The molecular weight excluding hydrogens is 212 g/mol. The normalized spacial score (nSPS) is 12.0. The van der Waals surface area contributed by atoms with E-state index < -0.39 is 8.80 Å². The highest BCUT2D eigenvalue weighted by atomic mass is 28.4. The van der Waals surface area contributed by atoms with Gasteiger partial charge in [-0.2, -0.15) is 0 Å². The van der Waals surface area contributed by atoms with Crippen LogP contribution in [-0.4, -0.2) is 42.8 Å². The zero-order valence-corrected chi connectivity index (χ0v) is 11.4. The average molecular weight is 236 g/mol. The first kappa shape index (κ1) is 15.1. The van der Waals surface area contributed by atoms with Gasteiger partial charge in [0, 0.05) is 40.6 Å². The number of ether oxygens (including phenoxy) is 1. The molecule has 0 amide bonds. The van der Waals surface area contributed by atoms with Crippen LogP contribution in [0, 0.1) is 0 Å². The van der Waals surface area contributed by atoms with Crippen molar-refractivity contribution >= 4 is 8.80 Å². The molecule has 0 aromatic heterocycles.